The molecule has 0 atom stereocenters. The minimum absolute atomic E-state index is 0.415. The number of rotatable bonds is 4. The van der Waals surface area contributed by atoms with Crippen molar-refractivity contribution >= 4 is 5.84 Å². The molecule has 0 fully saturated rings. The minimum Gasteiger partial charge on any atom is -0.493 e. The molecule has 0 radical (unpaired) electrons. The van der Waals surface area contributed by atoms with Crippen LogP contribution in [0.4, 0.5) is 0 Å². The zero-order valence-corrected chi connectivity index (χ0v) is 11.5. The highest BCUT2D eigenvalue weighted by molar-refractivity contribution is 5.96. The van der Waals surface area contributed by atoms with Gasteiger partial charge in [0.1, 0.15) is 12.3 Å². The number of hydrogen-bond acceptors (Lipinski definition) is 6. The van der Waals surface area contributed by atoms with Gasteiger partial charge in [0.25, 0.3) is 0 Å². The second-order valence-electron chi connectivity index (χ2n) is 4.25. The fourth-order valence-electron chi connectivity index (χ4n) is 1.86. The maximum absolute atomic E-state index is 5.79. The summed E-state index contributed by atoms with van der Waals surface area (Å²) in [7, 11) is 1.61. The summed E-state index contributed by atoms with van der Waals surface area (Å²) >= 11 is 0. The summed E-state index contributed by atoms with van der Waals surface area (Å²) in [5.74, 6) is 3.22. The molecule has 1 aliphatic rings. The van der Waals surface area contributed by atoms with Gasteiger partial charge in [0.05, 0.1) is 7.11 Å². The monoisotopic (exact) mass is 282 g/mol. The second kappa shape index (κ2) is 6.04. The van der Waals surface area contributed by atoms with Gasteiger partial charge in [-0.1, -0.05) is 12.1 Å². The Labute approximate surface area is 122 Å². The molecule has 0 amide bonds. The van der Waals surface area contributed by atoms with E-state index in [-0.39, 0.29) is 0 Å². The van der Waals surface area contributed by atoms with Crippen LogP contribution in [0, 0.1) is 0 Å². The van der Waals surface area contributed by atoms with Crippen LogP contribution in [0.3, 0.4) is 0 Å². The predicted octanol–water partition coefficient (Wildman–Crippen LogP) is 1.76. The Morgan fingerprint density at radius 3 is 2.48 bits per heavy atom. The number of nitrogens with one attached hydrogen (secondary N) is 1. The number of nitrogens with zero attached hydrogens (tertiary/aromatic N) is 3. The van der Waals surface area contributed by atoms with Crippen molar-refractivity contribution in [3.05, 3.63) is 60.5 Å². The topological polar surface area (TPSA) is 68.6 Å². The van der Waals surface area contributed by atoms with Crippen LogP contribution in [-0.2, 0) is 0 Å². The number of hydrogen-bond donors (Lipinski definition) is 1. The largest absolute Gasteiger partial charge is 0.493 e. The smallest absolute Gasteiger partial charge is 0.195 e. The second-order valence-corrected chi connectivity index (χ2v) is 4.25. The summed E-state index contributed by atoms with van der Waals surface area (Å²) in [4.78, 5) is 12.7. The Kier molecular flexibility index (Phi) is 3.77. The van der Waals surface area contributed by atoms with Gasteiger partial charge in [-0.15, -0.1) is 0 Å². The van der Waals surface area contributed by atoms with Crippen LogP contribution in [-0.4, -0.2) is 29.5 Å². The van der Waals surface area contributed by atoms with Crippen molar-refractivity contribution in [2.75, 3.05) is 13.7 Å². The zero-order valence-electron chi connectivity index (χ0n) is 11.5. The number of aliphatic imine (C=N–C) groups is 1. The summed E-state index contributed by atoms with van der Waals surface area (Å²) in [6.45, 7) is 0.415. The maximum atomic E-state index is 5.79. The SMILES string of the molecule is COc1ccccc1OC1=CNC(c2ncccn2)=NC1. The molecule has 0 unspecified atom stereocenters. The lowest BCUT2D eigenvalue weighted by atomic mass is 10.3. The zero-order chi connectivity index (χ0) is 14.5. The molecular weight excluding hydrogens is 268 g/mol. The Hall–Kier alpha value is -2.89. The van der Waals surface area contributed by atoms with Gasteiger partial charge in [0, 0.05) is 18.6 Å². The summed E-state index contributed by atoms with van der Waals surface area (Å²) in [5, 5.41) is 3.04. The number of methoxy groups -OCH3 is 1. The van der Waals surface area contributed by atoms with Gasteiger partial charge in [-0.3, -0.25) is 4.99 Å². The average molecular weight is 282 g/mol. The Balaban J connectivity index is 1.69. The quantitative estimate of drug-likeness (QED) is 0.925. The van der Waals surface area contributed by atoms with Crippen LogP contribution in [0.5, 0.6) is 11.5 Å². The van der Waals surface area contributed by atoms with E-state index in [0.717, 1.165) is 0 Å². The lowest BCUT2D eigenvalue weighted by Crippen LogP contribution is -2.27. The van der Waals surface area contributed by atoms with Crippen molar-refractivity contribution in [2.45, 2.75) is 0 Å². The van der Waals surface area contributed by atoms with E-state index >= 15 is 0 Å². The van der Waals surface area contributed by atoms with Crippen molar-refractivity contribution in [1.29, 1.82) is 0 Å². The molecule has 21 heavy (non-hydrogen) atoms. The fraction of sp³-hybridized carbons (Fsp3) is 0.133. The fourth-order valence-corrected chi connectivity index (χ4v) is 1.86. The van der Waals surface area contributed by atoms with Gasteiger partial charge in [-0.25, -0.2) is 9.97 Å². The first kappa shape index (κ1) is 13.1. The molecule has 0 bridgehead atoms. The van der Waals surface area contributed by atoms with Crippen LogP contribution in [0.1, 0.15) is 5.82 Å². The highest BCUT2D eigenvalue weighted by Gasteiger charge is 2.13. The Morgan fingerprint density at radius 2 is 1.81 bits per heavy atom. The molecule has 0 saturated heterocycles. The molecule has 3 rings (SSSR count). The molecule has 0 aliphatic carbocycles. The molecule has 1 aliphatic heterocycles. The lowest BCUT2D eigenvalue weighted by Gasteiger charge is -2.16. The number of aromatic nitrogens is 2. The van der Waals surface area contributed by atoms with E-state index in [9.17, 15) is 0 Å². The van der Waals surface area contributed by atoms with Gasteiger partial charge < -0.3 is 14.8 Å². The first-order valence-corrected chi connectivity index (χ1v) is 6.45. The highest BCUT2D eigenvalue weighted by Crippen LogP contribution is 2.27. The van der Waals surface area contributed by atoms with E-state index in [4.69, 9.17) is 9.47 Å². The molecule has 2 aromatic rings. The standard InChI is InChI=1S/C15H14N4O2/c1-20-12-5-2-3-6-13(12)21-11-9-18-15(19-10-11)14-16-7-4-8-17-14/h2-9H,10H2,1H3,(H,18,19). The molecule has 1 N–H and O–H groups in total. The van der Waals surface area contributed by atoms with Gasteiger partial charge in [-0.2, -0.15) is 0 Å². The predicted molar refractivity (Wildman–Crippen MR) is 78.3 cm³/mol. The molecule has 0 saturated carbocycles. The molecule has 1 aromatic carbocycles. The summed E-state index contributed by atoms with van der Waals surface area (Å²) in [6.07, 6.45) is 5.11. The van der Waals surface area contributed by atoms with Gasteiger partial charge in [-0.05, 0) is 18.2 Å². The third-order valence-corrected chi connectivity index (χ3v) is 2.85. The van der Waals surface area contributed by atoms with E-state index in [1.807, 2.05) is 24.3 Å². The van der Waals surface area contributed by atoms with Crippen molar-refractivity contribution in [3.8, 4) is 11.5 Å². The lowest BCUT2D eigenvalue weighted by molar-refractivity contribution is 0.356. The summed E-state index contributed by atoms with van der Waals surface area (Å²) < 4.78 is 11.0. The van der Waals surface area contributed by atoms with E-state index in [1.165, 1.54) is 0 Å². The maximum Gasteiger partial charge on any atom is 0.195 e. The van der Waals surface area contributed by atoms with Crippen molar-refractivity contribution in [1.82, 2.24) is 15.3 Å². The van der Waals surface area contributed by atoms with Crippen molar-refractivity contribution < 1.29 is 9.47 Å². The third-order valence-electron chi connectivity index (χ3n) is 2.85. The number of benzene rings is 1. The summed E-state index contributed by atoms with van der Waals surface area (Å²) in [5.41, 5.74) is 0. The first-order valence-electron chi connectivity index (χ1n) is 6.45. The van der Waals surface area contributed by atoms with E-state index in [2.05, 4.69) is 20.3 Å². The van der Waals surface area contributed by atoms with Gasteiger partial charge in [0.15, 0.2) is 23.2 Å². The third kappa shape index (κ3) is 3.00. The van der Waals surface area contributed by atoms with Gasteiger partial charge >= 0.3 is 0 Å². The van der Waals surface area contributed by atoms with Crippen molar-refractivity contribution in [2.24, 2.45) is 4.99 Å². The minimum atomic E-state index is 0.415. The number of ether oxygens (including phenoxy) is 2. The molecule has 2 heterocycles. The summed E-state index contributed by atoms with van der Waals surface area (Å²) in [6, 6.07) is 9.24. The first-order chi connectivity index (χ1) is 10.4. The van der Waals surface area contributed by atoms with Crippen molar-refractivity contribution in [3.63, 3.8) is 0 Å². The van der Waals surface area contributed by atoms with Crippen LogP contribution in [0.15, 0.2) is 59.7 Å². The average Bonchev–Trinajstić information content (AvgIpc) is 2.57. The number of amidine groups is 1. The highest BCUT2D eigenvalue weighted by atomic mass is 16.5. The molecule has 0 spiro atoms. The molecule has 106 valence electrons. The van der Waals surface area contributed by atoms with Crippen LogP contribution >= 0.6 is 0 Å². The van der Waals surface area contributed by atoms with E-state index < -0.39 is 0 Å². The molecular formula is C15H14N4O2. The van der Waals surface area contributed by atoms with Crippen LogP contribution in [0.25, 0.3) is 0 Å². The number of para-hydroxylation sites is 2. The molecule has 6 nitrogen and oxygen atoms in total. The van der Waals surface area contributed by atoms with E-state index in [1.54, 1.807) is 31.8 Å². The van der Waals surface area contributed by atoms with Crippen LogP contribution < -0.4 is 14.8 Å². The Morgan fingerprint density at radius 1 is 1.05 bits per heavy atom. The molecule has 6 heteroatoms. The Bertz CT molecular complexity index is 683. The van der Waals surface area contributed by atoms with Crippen LogP contribution in [0.2, 0.25) is 0 Å². The normalized spacial score (nSPS) is 13.8. The van der Waals surface area contributed by atoms with Gasteiger partial charge in [0.2, 0.25) is 0 Å². The molecule has 1 aromatic heterocycles. The van der Waals surface area contributed by atoms with E-state index in [0.29, 0.717) is 35.5 Å².